The molecule has 5 heteroatoms. The van der Waals surface area contributed by atoms with Crippen LogP contribution in [-0.4, -0.2) is 51.4 Å². The van der Waals surface area contributed by atoms with Crippen molar-refractivity contribution in [3.8, 4) is 0 Å². The Bertz CT molecular complexity index is 129. The van der Waals surface area contributed by atoms with E-state index < -0.39 is 30.3 Å². The van der Waals surface area contributed by atoms with Crippen LogP contribution in [-0.2, 0) is 0 Å². The Morgan fingerprint density at radius 2 is 1.55 bits per heavy atom. The molecule has 0 heterocycles. The number of rotatable bonds is 1. The summed E-state index contributed by atoms with van der Waals surface area (Å²) < 4.78 is 0. The highest BCUT2D eigenvalue weighted by Crippen LogP contribution is 2.25. The Hall–Kier alpha value is -0.200. The van der Waals surface area contributed by atoms with Crippen molar-refractivity contribution in [3.05, 3.63) is 0 Å². The smallest absolute Gasteiger partial charge is 0.108 e. The summed E-state index contributed by atoms with van der Waals surface area (Å²) in [5.41, 5.74) is 5.38. The average molecular weight is 163 g/mol. The predicted molar refractivity (Wildman–Crippen MR) is 36.6 cm³/mol. The van der Waals surface area contributed by atoms with E-state index in [1.54, 1.807) is 0 Å². The first-order valence-corrected chi connectivity index (χ1v) is 3.50. The van der Waals surface area contributed by atoms with Crippen LogP contribution in [0.1, 0.15) is 0 Å². The van der Waals surface area contributed by atoms with Gasteiger partial charge in [0.05, 0.1) is 18.8 Å². The van der Waals surface area contributed by atoms with Crippen LogP contribution in [0.4, 0.5) is 0 Å². The van der Waals surface area contributed by atoms with Gasteiger partial charge in [-0.15, -0.1) is 0 Å². The van der Waals surface area contributed by atoms with E-state index in [4.69, 9.17) is 26.2 Å². The van der Waals surface area contributed by atoms with E-state index in [2.05, 4.69) is 0 Å². The topological polar surface area (TPSA) is 107 Å². The lowest BCUT2D eigenvalue weighted by Gasteiger charge is -2.15. The molecule has 0 aromatic carbocycles. The van der Waals surface area contributed by atoms with Gasteiger partial charge in [-0.1, -0.05) is 0 Å². The Morgan fingerprint density at radius 3 is 1.73 bits per heavy atom. The molecule has 1 aliphatic carbocycles. The van der Waals surface area contributed by atoms with Gasteiger partial charge in [0.15, 0.2) is 0 Å². The first kappa shape index (κ1) is 8.89. The Kier molecular flexibility index (Phi) is 2.46. The van der Waals surface area contributed by atoms with E-state index in [9.17, 15) is 0 Å². The largest absolute Gasteiger partial charge is 0.396 e. The zero-order chi connectivity index (χ0) is 8.59. The molecule has 0 amide bonds. The number of hydrogen-bond acceptors (Lipinski definition) is 5. The number of aliphatic hydroxyl groups is 4. The lowest BCUT2D eigenvalue weighted by atomic mass is 10.0. The molecular weight excluding hydrogens is 150 g/mol. The third-order valence-electron chi connectivity index (χ3n) is 2.24. The Labute approximate surface area is 64.1 Å². The van der Waals surface area contributed by atoms with Gasteiger partial charge in [-0.2, -0.15) is 0 Å². The molecule has 1 aliphatic rings. The second-order valence-electron chi connectivity index (χ2n) is 2.90. The molecule has 1 saturated carbocycles. The normalized spacial score (nSPS) is 51.5. The van der Waals surface area contributed by atoms with Crippen molar-refractivity contribution in [2.45, 2.75) is 24.4 Å². The maximum absolute atomic E-state index is 9.15. The lowest BCUT2D eigenvalue weighted by Crippen LogP contribution is -2.39. The summed E-state index contributed by atoms with van der Waals surface area (Å²) >= 11 is 0. The first-order valence-electron chi connectivity index (χ1n) is 3.50. The quantitative estimate of drug-likeness (QED) is 0.283. The van der Waals surface area contributed by atoms with Gasteiger partial charge in [-0.05, 0) is 0 Å². The van der Waals surface area contributed by atoms with Gasteiger partial charge < -0.3 is 26.2 Å². The molecule has 0 spiro atoms. The molecule has 11 heavy (non-hydrogen) atoms. The fraction of sp³-hybridized carbons (Fsp3) is 1.00. The van der Waals surface area contributed by atoms with Crippen LogP contribution in [0.2, 0.25) is 0 Å². The van der Waals surface area contributed by atoms with Crippen molar-refractivity contribution in [1.82, 2.24) is 0 Å². The van der Waals surface area contributed by atoms with Crippen LogP contribution in [0, 0.1) is 5.92 Å². The van der Waals surface area contributed by atoms with E-state index in [1.165, 1.54) is 0 Å². The monoisotopic (exact) mass is 163 g/mol. The highest BCUT2D eigenvalue weighted by Gasteiger charge is 2.46. The Balaban J connectivity index is 2.69. The molecule has 5 nitrogen and oxygen atoms in total. The maximum Gasteiger partial charge on any atom is 0.108 e. The minimum absolute atomic E-state index is 0.323. The van der Waals surface area contributed by atoms with Gasteiger partial charge in [0, 0.05) is 12.0 Å². The molecule has 5 unspecified atom stereocenters. The first-order chi connectivity index (χ1) is 5.09. The molecule has 0 radical (unpaired) electrons. The average Bonchev–Trinajstić information content (AvgIpc) is 2.17. The Morgan fingerprint density at radius 1 is 1.00 bits per heavy atom. The van der Waals surface area contributed by atoms with Crippen molar-refractivity contribution in [2.24, 2.45) is 11.7 Å². The molecular formula is C6H13NO4. The third-order valence-corrected chi connectivity index (χ3v) is 2.24. The summed E-state index contributed by atoms with van der Waals surface area (Å²) in [6.45, 7) is -0.323. The minimum atomic E-state index is -1.23. The van der Waals surface area contributed by atoms with Crippen LogP contribution in [0.15, 0.2) is 0 Å². The molecule has 0 aromatic rings. The zero-order valence-corrected chi connectivity index (χ0v) is 5.96. The second-order valence-corrected chi connectivity index (χ2v) is 2.90. The highest BCUT2D eigenvalue weighted by molar-refractivity contribution is 4.99. The van der Waals surface area contributed by atoms with Gasteiger partial charge in [0.1, 0.15) is 6.10 Å². The summed E-state index contributed by atoms with van der Waals surface area (Å²) in [5, 5.41) is 36.0. The maximum atomic E-state index is 9.15. The van der Waals surface area contributed by atoms with Crippen molar-refractivity contribution >= 4 is 0 Å². The molecule has 6 N–H and O–H groups in total. The van der Waals surface area contributed by atoms with Gasteiger partial charge in [-0.25, -0.2) is 0 Å². The van der Waals surface area contributed by atoms with Gasteiger partial charge in [0.2, 0.25) is 0 Å². The third kappa shape index (κ3) is 1.25. The van der Waals surface area contributed by atoms with Crippen LogP contribution in [0.3, 0.4) is 0 Å². The van der Waals surface area contributed by atoms with Crippen molar-refractivity contribution < 1.29 is 20.4 Å². The summed E-state index contributed by atoms with van der Waals surface area (Å²) in [4.78, 5) is 0. The summed E-state index contributed by atoms with van der Waals surface area (Å²) in [6.07, 6.45) is -3.49. The van der Waals surface area contributed by atoms with Crippen molar-refractivity contribution in [1.29, 1.82) is 0 Å². The minimum Gasteiger partial charge on any atom is -0.396 e. The zero-order valence-electron chi connectivity index (χ0n) is 5.96. The van der Waals surface area contributed by atoms with Gasteiger partial charge in [-0.3, -0.25) is 0 Å². The van der Waals surface area contributed by atoms with Gasteiger partial charge >= 0.3 is 0 Å². The van der Waals surface area contributed by atoms with Crippen LogP contribution in [0.25, 0.3) is 0 Å². The molecule has 5 atom stereocenters. The van der Waals surface area contributed by atoms with E-state index in [1.807, 2.05) is 0 Å². The van der Waals surface area contributed by atoms with Crippen LogP contribution in [0.5, 0.6) is 0 Å². The fourth-order valence-corrected chi connectivity index (χ4v) is 1.39. The summed E-state index contributed by atoms with van der Waals surface area (Å²) in [6, 6.07) is -0.745. The molecule has 0 aromatic heterocycles. The van der Waals surface area contributed by atoms with Crippen molar-refractivity contribution in [2.75, 3.05) is 6.61 Å². The van der Waals surface area contributed by atoms with E-state index in [0.29, 0.717) is 0 Å². The molecule has 0 saturated heterocycles. The number of nitrogens with two attached hydrogens (primary N) is 1. The summed E-state index contributed by atoms with van der Waals surface area (Å²) in [5.74, 6) is -0.625. The summed E-state index contributed by atoms with van der Waals surface area (Å²) in [7, 11) is 0. The van der Waals surface area contributed by atoms with Crippen LogP contribution < -0.4 is 5.73 Å². The number of aliphatic hydroxyl groups excluding tert-OH is 4. The number of hydrogen-bond donors (Lipinski definition) is 5. The van der Waals surface area contributed by atoms with Gasteiger partial charge in [0.25, 0.3) is 0 Å². The molecule has 0 aliphatic heterocycles. The van der Waals surface area contributed by atoms with E-state index in [-0.39, 0.29) is 6.61 Å². The lowest BCUT2D eigenvalue weighted by molar-refractivity contribution is -0.0307. The van der Waals surface area contributed by atoms with E-state index in [0.717, 1.165) is 0 Å². The molecule has 1 rings (SSSR count). The standard InChI is InChI=1S/C6H13NO4/c7-3-2(1-8)4(9)6(11)5(3)10/h2-6,8-11H,1,7H2. The fourth-order valence-electron chi connectivity index (χ4n) is 1.39. The highest BCUT2D eigenvalue weighted by atomic mass is 16.4. The molecule has 1 fully saturated rings. The predicted octanol–water partition coefficient (Wildman–Crippen LogP) is -2.98. The molecule has 66 valence electrons. The second kappa shape index (κ2) is 3.04. The molecule has 0 bridgehead atoms. The SMILES string of the molecule is NC1C(O)C(O)C(O)C1CO. The van der Waals surface area contributed by atoms with Crippen molar-refractivity contribution in [3.63, 3.8) is 0 Å². The van der Waals surface area contributed by atoms with E-state index >= 15 is 0 Å². The van der Waals surface area contributed by atoms with Crippen LogP contribution >= 0.6 is 0 Å².